The predicted octanol–water partition coefficient (Wildman–Crippen LogP) is 1.23. The molecule has 0 spiro atoms. The number of halogens is 1. The standard InChI is InChI=1S/C8H14INO2/c9-5-7(10)8(11)12-6-3-1-2-4-6/h6-7H,1-5,10H2. The van der Waals surface area contributed by atoms with E-state index in [1.165, 1.54) is 12.8 Å². The van der Waals surface area contributed by atoms with E-state index in [0.717, 1.165) is 12.8 Å². The zero-order chi connectivity index (χ0) is 8.97. The van der Waals surface area contributed by atoms with Crippen molar-refractivity contribution >= 4 is 28.6 Å². The van der Waals surface area contributed by atoms with Crippen LogP contribution in [-0.4, -0.2) is 22.5 Å². The molecule has 1 aliphatic carbocycles. The third-order valence-electron chi connectivity index (χ3n) is 2.05. The fraction of sp³-hybridized carbons (Fsp3) is 0.875. The summed E-state index contributed by atoms with van der Waals surface area (Å²) in [4.78, 5) is 11.2. The van der Waals surface area contributed by atoms with Crippen LogP contribution in [0.1, 0.15) is 25.7 Å². The van der Waals surface area contributed by atoms with Gasteiger partial charge in [-0.3, -0.25) is 4.79 Å². The molecule has 0 aromatic rings. The zero-order valence-corrected chi connectivity index (χ0v) is 9.12. The van der Waals surface area contributed by atoms with E-state index in [1.807, 2.05) is 0 Å². The maximum Gasteiger partial charge on any atom is 0.323 e. The largest absolute Gasteiger partial charge is 0.461 e. The van der Waals surface area contributed by atoms with Gasteiger partial charge in [0.25, 0.3) is 0 Å². The monoisotopic (exact) mass is 283 g/mol. The van der Waals surface area contributed by atoms with Crippen LogP contribution in [0.3, 0.4) is 0 Å². The van der Waals surface area contributed by atoms with E-state index in [2.05, 4.69) is 22.6 Å². The maximum atomic E-state index is 11.2. The topological polar surface area (TPSA) is 52.3 Å². The van der Waals surface area contributed by atoms with E-state index in [-0.39, 0.29) is 12.1 Å². The molecular weight excluding hydrogens is 269 g/mol. The van der Waals surface area contributed by atoms with Crippen molar-refractivity contribution in [1.29, 1.82) is 0 Å². The van der Waals surface area contributed by atoms with Crippen molar-refractivity contribution in [3.8, 4) is 0 Å². The molecule has 0 saturated heterocycles. The van der Waals surface area contributed by atoms with Gasteiger partial charge < -0.3 is 10.5 Å². The summed E-state index contributed by atoms with van der Waals surface area (Å²) < 4.78 is 5.82. The summed E-state index contributed by atoms with van der Waals surface area (Å²) in [5, 5.41) is 0. The summed E-state index contributed by atoms with van der Waals surface area (Å²) >= 11 is 2.09. The van der Waals surface area contributed by atoms with Gasteiger partial charge in [-0.15, -0.1) is 0 Å². The van der Waals surface area contributed by atoms with E-state index < -0.39 is 6.04 Å². The Bertz CT molecular complexity index is 157. The van der Waals surface area contributed by atoms with Gasteiger partial charge in [-0.25, -0.2) is 0 Å². The van der Waals surface area contributed by atoms with Crippen molar-refractivity contribution < 1.29 is 9.53 Å². The van der Waals surface area contributed by atoms with Gasteiger partial charge in [-0.1, -0.05) is 22.6 Å². The summed E-state index contributed by atoms with van der Waals surface area (Å²) in [6.45, 7) is 0. The number of ether oxygens (including phenoxy) is 1. The lowest BCUT2D eigenvalue weighted by Crippen LogP contribution is -2.35. The summed E-state index contributed by atoms with van der Waals surface area (Å²) in [6, 6.07) is -0.439. The third kappa shape index (κ3) is 2.90. The molecule has 1 fully saturated rings. The Kier molecular flexibility index (Phi) is 4.28. The molecule has 0 aromatic carbocycles. The first-order valence-electron chi connectivity index (χ1n) is 4.26. The predicted molar refractivity (Wildman–Crippen MR) is 55.2 cm³/mol. The molecule has 2 N–H and O–H groups in total. The van der Waals surface area contributed by atoms with E-state index in [0.29, 0.717) is 4.43 Å². The van der Waals surface area contributed by atoms with Gasteiger partial charge in [0.05, 0.1) is 0 Å². The molecule has 4 heteroatoms. The van der Waals surface area contributed by atoms with E-state index in [1.54, 1.807) is 0 Å². The van der Waals surface area contributed by atoms with Crippen LogP contribution >= 0.6 is 22.6 Å². The first-order valence-corrected chi connectivity index (χ1v) is 5.78. The lowest BCUT2D eigenvalue weighted by atomic mass is 10.3. The summed E-state index contributed by atoms with van der Waals surface area (Å²) in [5.74, 6) is -0.240. The van der Waals surface area contributed by atoms with Crippen LogP contribution in [0.15, 0.2) is 0 Å². The van der Waals surface area contributed by atoms with Crippen molar-refractivity contribution in [3.05, 3.63) is 0 Å². The van der Waals surface area contributed by atoms with Crippen molar-refractivity contribution in [1.82, 2.24) is 0 Å². The molecule has 1 atom stereocenters. The van der Waals surface area contributed by atoms with Crippen molar-refractivity contribution in [2.75, 3.05) is 4.43 Å². The number of rotatable bonds is 3. The average Bonchev–Trinajstić information content (AvgIpc) is 2.55. The fourth-order valence-electron chi connectivity index (χ4n) is 1.32. The number of hydrogen-bond acceptors (Lipinski definition) is 3. The number of nitrogens with two attached hydrogens (primary N) is 1. The van der Waals surface area contributed by atoms with Gasteiger partial charge in [0.1, 0.15) is 12.1 Å². The minimum atomic E-state index is -0.439. The molecule has 1 rings (SSSR count). The lowest BCUT2D eigenvalue weighted by Gasteiger charge is -2.13. The molecule has 1 aliphatic rings. The fourth-order valence-corrected chi connectivity index (χ4v) is 1.68. The molecule has 0 aliphatic heterocycles. The smallest absolute Gasteiger partial charge is 0.323 e. The van der Waals surface area contributed by atoms with Crippen molar-refractivity contribution in [2.45, 2.75) is 37.8 Å². The lowest BCUT2D eigenvalue weighted by molar-refractivity contribution is -0.149. The molecule has 1 saturated carbocycles. The SMILES string of the molecule is NC(CI)C(=O)OC1CCCC1. The molecule has 1 unspecified atom stereocenters. The van der Waals surface area contributed by atoms with Crippen molar-refractivity contribution in [3.63, 3.8) is 0 Å². The molecule has 3 nitrogen and oxygen atoms in total. The Labute approximate surface area is 86.2 Å². The van der Waals surface area contributed by atoms with Crippen LogP contribution in [0.25, 0.3) is 0 Å². The molecule has 70 valence electrons. The first-order chi connectivity index (χ1) is 5.74. The van der Waals surface area contributed by atoms with Crippen LogP contribution in [-0.2, 0) is 9.53 Å². The highest BCUT2D eigenvalue weighted by Gasteiger charge is 2.22. The second-order valence-electron chi connectivity index (χ2n) is 3.10. The Balaban J connectivity index is 2.25. The maximum absolute atomic E-state index is 11.2. The number of hydrogen-bond donors (Lipinski definition) is 1. The van der Waals surface area contributed by atoms with Gasteiger partial charge in [0.2, 0.25) is 0 Å². The minimum absolute atomic E-state index is 0.145. The third-order valence-corrected chi connectivity index (χ3v) is 3.00. The zero-order valence-electron chi connectivity index (χ0n) is 6.96. The Morgan fingerprint density at radius 3 is 2.67 bits per heavy atom. The molecule has 0 radical (unpaired) electrons. The molecule has 0 bridgehead atoms. The Hall–Kier alpha value is 0.160. The van der Waals surface area contributed by atoms with Gasteiger partial charge in [0.15, 0.2) is 0 Å². The highest BCUT2D eigenvalue weighted by atomic mass is 127. The number of esters is 1. The van der Waals surface area contributed by atoms with Crippen LogP contribution in [0.4, 0.5) is 0 Å². The van der Waals surface area contributed by atoms with E-state index >= 15 is 0 Å². The summed E-state index contributed by atoms with van der Waals surface area (Å²) in [7, 11) is 0. The van der Waals surface area contributed by atoms with Crippen LogP contribution < -0.4 is 5.73 Å². The van der Waals surface area contributed by atoms with Crippen LogP contribution in [0.5, 0.6) is 0 Å². The Morgan fingerprint density at radius 1 is 1.58 bits per heavy atom. The number of carbonyl (C=O) groups excluding carboxylic acids is 1. The van der Waals surface area contributed by atoms with Gasteiger partial charge in [0, 0.05) is 4.43 Å². The van der Waals surface area contributed by atoms with Gasteiger partial charge >= 0.3 is 5.97 Å². The highest BCUT2D eigenvalue weighted by Crippen LogP contribution is 2.21. The first kappa shape index (κ1) is 10.2. The minimum Gasteiger partial charge on any atom is -0.461 e. The van der Waals surface area contributed by atoms with E-state index in [9.17, 15) is 4.79 Å². The highest BCUT2D eigenvalue weighted by molar-refractivity contribution is 14.1. The number of alkyl halides is 1. The second-order valence-corrected chi connectivity index (χ2v) is 3.98. The number of carbonyl (C=O) groups is 1. The van der Waals surface area contributed by atoms with E-state index in [4.69, 9.17) is 10.5 Å². The quantitative estimate of drug-likeness (QED) is 0.481. The van der Waals surface area contributed by atoms with Gasteiger partial charge in [-0.2, -0.15) is 0 Å². The van der Waals surface area contributed by atoms with Crippen LogP contribution in [0.2, 0.25) is 0 Å². The molecule has 0 amide bonds. The Morgan fingerprint density at radius 2 is 2.17 bits per heavy atom. The van der Waals surface area contributed by atoms with Gasteiger partial charge in [-0.05, 0) is 25.7 Å². The molecule has 12 heavy (non-hydrogen) atoms. The van der Waals surface area contributed by atoms with Crippen LogP contribution in [0, 0.1) is 0 Å². The average molecular weight is 283 g/mol. The van der Waals surface area contributed by atoms with Crippen molar-refractivity contribution in [2.24, 2.45) is 5.73 Å². The normalized spacial score (nSPS) is 20.8. The second kappa shape index (κ2) is 5.01. The summed E-state index contributed by atoms with van der Waals surface area (Å²) in [6.07, 6.45) is 4.53. The molecular formula is C8H14INO2. The molecule has 0 aromatic heterocycles. The molecule has 0 heterocycles. The summed E-state index contributed by atoms with van der Waals surface area (Å²) in [5.41, 5.74) is 5.51.